The molecular weight excluding hydrogens is 450 g/mol. The van der Waals surface area contributed by atoms with E-state index in [1.807, 2.05) is 0 Å². The fourth-order valence-electron chi connectivity index (χ4n) is 5.68. The molecule has 4 rings (SSSR count). The Kier molecular flexibility index (Phi) is 8.15. The highest BCUT2D eigenvalue weighted by Gasteiger charge is 2.51. The molecule has 0 unspecified atom stereocenters. The lowest BCUT2D eigenvalue weighted by Crippen LogP contribution is -2.53. The molecule has 1 aromatic carbocycles. The van der Waals surface area contributed by atoms with Gasteiger partial charge in [0, 0.05) is 30.6 Å². The van der Waals surface area contributed by atoms with E-state index in [1.54, 1.807) is 25.6 Å². The summed E-state index contributed by atoms with van der Waals surface area (Å²) in [6.07, 6.45) is 6.84. The van der Waals surface area contributed by atoms with Crippen molar-refractivity contribution >= 4 is 28.7 Å². The summed E-state index contributed by atoms with van der Waals surface area (Å²) in [6.45, 7) is 5.27. The van der Waals surface area contributed by atoms with Crippen LogP contribution in [-0.2, 0) is 12.0 Å². The van der Waals surface area contributed by atoms with Crippen LogP contribution in [0.15, 0.2) is 35.0 Å². The molecule has 1 saturated heterocycles. The predicted octanol–water partition coefficient (Wildman–Crippen LogP) is 5.09. The number of nitrogens with zero attached hydrogens (tertiary/aromatic N) is 1. The molecule has 0 amide bonds. The lowest BCUT2D eigenvalue weighted by atomic mass is 9.65. The number of likely N-dealkylation sites (tertiary alicyclic amines) is 1. The van der Waals surface area contributed by atoms with E-state index in [4.69, 9.17) is 21.7 Å². The van der Waals surface area contributed by atoms with Crippen LogP contribution < -0.4 is 20.1 Å². The largest absolute Gasteiger partial charge is 0.493 e. The van der Waals surface area contributed by atoms with Crippen molar-refractivity contribution in [1.29, 1.82) is 0 Å². The van der Waals surface area contributed by atoms with E-state index in [9.17, 15) is 0 Å². The molecule has 0 radical (unpaired) electrons. The van der Waals surface area contributed by atoms with Gasteiger partial charge in [0.1, 0.15) is 0 Å². The number of ether oxygens (including phenoxy) is 2. The minimum atomic E-state index is 0.130. The molecule has 180 valence electrons. The lowest BCUT2D eigenvalue weighted by molar-refractivity contribution is 0.134. The molecule has 1 aromatic heterocycles. The Morgan fingerprint density at radius 3 is 2.79 bits per heavy atom. The maximum atomic E-state index is 5.67. The van der Waals surface area contributed by atoms with Crippen LogP contribution in [0.5, 0.6) is 11.5 Å². The zero-order chi connectivity index (χ0) is 23.3. The van der Waals surface area contributed by atoms with Crippen LogP contribution in [0.4, 0.5) is 0 Å². The number of nitrogens with one attached hydrogen (secondary N) is 2. The molecule has 1 aliphatic heterocycles. The van der Waals surface area contributed by atoms with Crippen molar-refractivity contribution < 1.29 is 9.47 Å². The van der Waals surface area contributed by atoms with Gasteiger partial charge in [-0.05, 0) is 91.0 Å². The summed E-state index contributed by atoms with van der Waals surface area (Å²) in [5.74, 6) is 1.61. The molecule has 0 bridgehead atoms. The summed E-state index contributed by atoms with van der Waals surface area (Å²) in [5.41, 5.74) is 2.92. The molecule has 2 aliphatic rings. The van der Waals surface area contributed by atoms with E-state index in [-0.39, 0.29) is 5.41 Å². The normalized spacial score (nSPS) is 24.8. The molecule has 3 atom stereocenters. The molecule has 33 heavy (non-hydrogen) atoms. The second-order valence-corrected chi connectivity index (χ2v) is 10.5. The standard InChI is InChI=1S/C26H37N3O2S2/c1-4-5-12-27-25(32)28-21-8-10-26(20-6-7-22(30-2)23(15-20)31-3)11-13-29(24(26)16-21)17-19-9-14-33-18-19/h6-7,9,14-15,18,21,24H,4-5,8,10-13,16-17H2,1-3H3,(H2,27,28,32)/t21-,24+,26+/m1/s1. The molecule has 2 fully saturated rings. The summed E-state index contributed by atoms with van der Waals surface area (Å²) >= 11 is 7.39. The molecule has 2 aromatic rings. The third-order valence-corrected chi connectivity index (χ3v) is 8.44. The van der Waals surface area contributed by atoms with Gasteiger partial charge in [-0.15, -0.1) is 0 Å². The Morgan fingerprint density at radius 1 is 1.21 bits per heavy atom. The van der Waals surface area contributed by atoms with E-state index in [0.717, 1.165) is 61.9 Å². The smallest absolute Gasteiger partial charge is 0.166 e. The van der Waals surface area contributed by atoms with E-state index < -0.39 is 0 Å². The number of thiophene rings is 1. The van der Waals surface area contributed by atoms with Crippen LogP contribution in [0.1, 0.15) is 56.6 Å². The fraction of sp³-hybridized carbons (Fsp3) is 0.577. The van der Waals surface area contributed by atoms with E-state index >= 15 is 0 Å². The quantitative estimate of drug-likeness (QED) is 0.379. The molecule has 2 N–H and O–H groups in total. The maximum absolute atomic E-state index is 5.67. The molecule has 0 spiro atoms. The van der Waals surface area contributed by atoms with E-state index in [1.165, 1.54) is 24.0 Å². The van der Waals surface area contributed by atoms with Crippen molar-refractivity contribution in [3.63, 3.8) is 0 Å². The number of unbranched alkanes of at least 4 members (excludes halogenated alkanes) is 1. The number of thiocarbonyl (C=S) groups is 1. The Bertz CT molecular complexity index is 920. The van der Waals surface area contributed by atoms with Crippen LogP contribution in [0.3, 0.4) is 0 Å². The summed E-state index contributed by atoms with van der Waals surface area (Å²) in [7, 11) is 3.42. The second-order valence-electron chi connectivity index (χ2n) is 9.32. The van der Waals surface area contributed by atoms with Crippen LogP contribution in [0, 0.1) is 0 Å². The Balaban J connectivity index is 1.56. The van der Waals surface area contributed by atoms with Gasteiger partial charge in [-0.1, -0.05) is 19.4 Å². The van der Waals surface area contributed by atoms with Gasteiger partial charge in [-0.3, -0.25) is 4.90 Å². The van der Waals surface area contributed by atoms with Gasteiger partial charge in [-0.25, -0.2) is 0 Å². The first-order valence-electron chi connectivity index (χ1n) is 12.1. The van der Waals surface area contributed by atoms with E-state index in [2.05, 4.69) is 57.5 Å². The van der Waals surface area contributed by atoms with Gasteiger partial charge >= 0.3 is 0 Å². The van der Waals surface area contributed by atoms with Crippen LogP contribution in [-0.4, -0.2) is 49.4 Å². The van der Waals surface area contributed by atoms with Gasteiger partial charge < -0.3 is 20.1 Å². The second kappa shape index (κ2) is 11.1. The zero-order valence-corrected chi connectivity index (χ0v) is 21.7. The molecule has 2 heterocycles. The minimum absolute atomic E-state index is 0.130. The third kappa shape index (κ3) is 5.31. The number of hydrogen-bond acceptors (Lipinski definition) is 5. The average molecular weight is 488 g/mol. The summed E-state index contributed by atoms with van der Waals surface area (Å²) < 4.78 is 11.2. The van der Waals surface area contributed by atoms with Gasteiger partial charge in [0.25, 0.3) is 0 Å². The van der Waals surface area contributed by atoms with Crippen molar-refractivity contribution in [2.75, 3.05) is 27.3 Å². The van der Waals surface area contributed by atoms with Gasteiger partial charge in [0.05, 0.1) is 14.2 Å². The predicted molar refractivity (Wildman–Crippen MR) is 141 cm³/mol. The fourth-order valence-corrected chi connectivity index (χ4v) is 6.61. The Morgan fingerprint density at radius 2 is 2.06 bits per heavy atom. The zero-order valence-electron chi connectivity index (χ0n) is 20.1. The van der Waals surface area contributed by atoms with Crippen molar-refractivity contribution in [1.82, 2.24) is 15.5 Å². The highest BCUT2D eigenvalue weighted by molar-refractivity contribution is 7.80. The van der Waals surface area contributed by atoms with Gasteiger partial charge in [0.2, 0.25) is 0 Å². The van der Waals surface area contributed by atoms with Crippen LogP contribution in [0.25, 0.3) is 0 Å². The Labute approximate surface area is 207 Å². The number of benzene rings is 1. The number of hydrogen-bond donors (Lipinski definition) is 2. The lowest BCUT2D eigenvalue weighted by Gasteiger charge is -2.46. The molecule has 7 heteroatoms. The van der Waals surface area contributed by atoms with Crippen LogP contribution >= 0.6 is 23.6 Å². The maximum Gasteiger partial charge on any atom is 0.166 e. The summed E-state index contributed by atoms with van der Waals surface area (Å²) in [6, 6.07) is 9.65. The first kappa shape index (κ1) is 24.3. The van der Waals surface area contributed by atoms with Crippen molar-refractivity contribution in [3.8, 4) is 11.5 Å². The topological polar surface area (TPSA) is 45.8 Å². The minimum Gasteiger partial charge on any atom is -0.493 e. The molecular formula is C26H37N3O2S2. The molecule has 1 saturated carbocycles. The van der Waals surface area contributed by atoms with Gasteiger partial charge in [-0.2, -0.15) is 11.3 Å². The molecule has 1 aliphatic carbocycles. The number of methoxy groups -OCH3 is 2. The highest BCUT2D eigenvalue weighted by Crippen LogP contribution is 2.50. The SMILES string of the molecule is CCCCNC(=S)N[C@@H]1CC[C@@]2(c3ccc(OC)c(OC)c3)CCN(Cc3ccsc3)[C@H]2C1. The van der Waals surface area contributed by atoms with Crippen LogP contribution in [0.2, 0.25) is 0 Å². The highest BCUT2D eigenvalue weighted by atomic mass is 32.1. The first-order chi connectivity index (χ1) is 16.1. The van der Waals surface area contributed by atoms with Gasteiger partial charge in [0.15, 0.2) is 16.6 Å². The summed E-state index contributed by atoms with van der Waals surface area (Å²) in [4.78, 5) is 2.69. The summed E-state index contributed by atoms with van der Waals surface area (Å²) in [5, 5.41) is 12.3. The monoisotopic (exact) mass is 487 g/mol. The first-order valence-corrected chi connectivity index (χ1v) is 13.5. The molecule has 5 nitrogen and oxygen atoms in total. The third-order valence-electron chi connectivity index (χ3n) is 7.45. The Hall–Kier alpha value is -1.83. The average Bonchev–Trinajstić information content (AvgIpc) is 3.48. The van der Waals surface area contributed by atoms with Crippen molar-refractivity contribution in [3.05, 3.63) is 46.2 Å². The van der Waals surface area contributed by atoms with Crippen molar-refractivity contribution in [2.45, 2.75) is 69.5 Å². The number of rotatable bonds is 9. The van der Waals surface area contributed by atoms with E-state index in [0.29, 0.717) is 12.1 Å². The van der Waals surface area contributed by atoms with Crippen molar-refractivity contribution in [2.24, 2.45) is 0 Å². The number of fused-ring (bicyclic) bond motifs is 1.